The minimum absolute atomic E-state index is 0.0271. The summed E-state index contributed by atoms with van der Waals surface area (Å²) >= 11 is 0. The molecule has 2 rings (SSSR count). The molecule has 19 heavy (non-hydrogen) atoms. The Labute approximate surface area is 113 Å². The van der Waals surface area contributed by atoms with Crippen molar-refractivity contribution in [3.05, 3.63) is 47.6 Å². The third-order valence-electron chi connectivity index (χ3n) is 2.93. The molecule has 5 heteroatoms. The van der Waals surface area contributed by atoms with Crippen molar-refractivity contribution in [2.24, 2.45) is 0 Å². The number of aromatic nitrogens is 2. The lowest BCUT2D eigenvalue weighted by atomic mass is 10.1. The van der Waals surface area contributed by atoms with Crippen LogP contribution in [0, 0.1) is 0 Å². The molecular formula is C14H19N3O2. The van der Waals surface area contributed by atoms with E-state index in [0.29, 0.717) is 18.3 Å². The first-order chi connectivity index (χ1) is 9.26. The predicted octanol–water partition coefficient (Wildman–Crippen LogP) is 2.48. The summed E-state index contributed by atoms with van der Waals surface area (Å²) in [4.78, 5) is 4.41. The highest BCUT2D eigenvalue weighted by Gasteiger charge is 2.22. The summed E-state index contributed by atoms with van der Waals surface area (Å²) < 4.78 is 11.0. The average molecular weight is 261 g/mol. The molecule has 2 aromatic rings. The Balaban J connectivity index is 2.27. The van der Waals surface area contributed by atoms with Crippen molar-refractivity contribution in [1.82, 2.24) is 15.5 Å². The van der Waals surface area contributed by atoms with Gasteiger partial charge < -0.3 is 14.6 Å². The number of rotatable bonds is 6. The Kier molecular flexibility index (Phi) is 4.65. The van der Waals surface area contributed by atoms with Crippen molar-refractivity contribution < 1.29 is 9.26 Å². The van der Waals surface area contributed by atoms with Crippen molar-refractivity contribution in [2.45, 2.75) is 26.0 Å². The van der Waals surface area contributed by atoms with Gasteiger partial charge in [-0.25, -0.2) is 0 Å². The Morgan fingerprint density at radius 3 is 2.68 bits per heavy atom. The number of hydrogen-bond acceptors (Lipinski definition) is 5. The molecule has 0 aliphatic rings. The van der Waals surface area contributed by atoms with Crippen LogP contribution in [0.3, 0.4) is 0 Å². The van der Waals surface area contributed by atoms with Gasteiger partial charge in [-0.3, -0.25) is 0 Å². The zero-order valence-electron chi connectivity index (χ0n) is 11.5. The molecule has 0 amide bonds. The summed E-state index contributed by atoms with van der Waals surface area (Å²) in [6, 6.07) is 9.93. The second-order valence-electron chi connectivity index (χ2n) is 4.25. The second kappa shape index (κ2) is 6.45. The van der Waals surface area contributed by atoms with Gasteiger partial charge in [0.05, 0.1) is 6.04 Å². The Morgan fingerprint density at radius 2 is 2.05 bits per heavy atom. The zero-order chi connectivity index (χ0) is 13.7. The van der Waals surface area contributed by atoms with E-state index in [1.165, 1.54) is 0 Å². The monoisotopic (exact) mass is 261 g/mol. The molecule has 1 heterocycles. The van der Waals surface area contributed by atoms with Gasteiger partial charge in [0.25, 0.3) is 0 Å². The van der Waals surface area contributed by atoms with Crippen molar-refractivity contribution in [1.29, 1.82) is 0 Å². The Hall–Kier alpha value is -1.72. The second-order valence-corrected chi connectivity index (χ2v) is 4.25. The number of nitrogens with one attached hydrogen (secondary N) is 1. The Morgan fingerprint density at radius 1 is 1.32 bits per heavy atom. The maximum absolute atomic E-state index is 5.74. The molecule has 0 saturated carbocycles. The van der Waals surface area contributed by atoms with Gasteiger partial charge in [0, 0.05) is 6.61 Å². The van der Waals surface area contributed by atoms with E-state index in [-0.39, 0.29) is 12.1 Å². The topological polar surface area (TPSA) is 60.2 Å². The molecule has 2 atom stereocenters. The molecule has 102 valence electrons. The molecule has 1 aromatic heterocycles. The van der Waals surface area contributed by atoms with Gasteiger partial charge in [-0.15, -0.1) is 0 Å². The summed E-state index contributed by atoms with van der Waals surface area (Å²) in [5.74, 6) is 1.13. The molecule has 0 aliphatic heterocycles. The lowest BCUT2D eigenvalue weighted by Gasteiger charge is -2.13. The zero-order valence-corrected chi connectivity index (χ0v) is 11.5. The molecule has 0 radical (unpaired) electrons. The van der Waals surface area contributed by atoms with Gasteiger partial charge in [-0.2, -0.15) is 4.98 Å². The SMILES string of the molecule is CCOC(c1ccccc1)c1noc(C(C)NC)n1. The van der Waals surface area contributed by atoms with Crippen LogP contribution in [0.1, 0.15) is 43.3 Å². The van der Waals surface area contributed by atoms with Crippen molar-refractivity contribution >= 4 is 0 Å². The lowest BCUT2D eigenvalue weighted by molar-refractivity contribution is 0.0833. The van der Waals surface area contributed by atoms with E-state index >= 15 is 0 Å². The van der Waals surface area contributed by atoms with E-state index in [9.17, 15) is 0 Å². The minimum Gasteiger partial charge on any atom is -0.366 e. The van der Waals surface area contributed by atoms with Gasteiger partial charge in [-0.1, -0.05) is 35.5 Å². The van der Waals surface area contributed by atoms with E-state index in [2.05, 4.69) is 15.5 Å². The van der Waals surface area contributed by atoms with Crippen LogP contribution in [-0.4, -0.2) is 23.8 Å². The number of benzene rings is 1. The summed E-state index contributed by atoms with van der Waals surface area (Å²) in [7, 11) is 1.85. The van der Waals surface area contributed by atoms with Crippen LogP contribution < -0.4 is 5.32 Å². The van der Waals surface area contributed by atoms with E-state index < -0.39 is 0 Å². The summed E-state index contributed by atoms with van der Waals surface area (Å²) in [6.45, 7) is 4.51. The summed E-state index contributed by atoms with van der Waals surface area (Å²) in [5, 5.41) is 7.10. The van der Waals surface area contributed by atoms with Crippen LogP contribution in [-0.2, 0) is 4.74 Å². The van der Waals surface area contributed by atoms with Crippen LogP contribution in [0.5, 0.6) is 0 Å². The largest absolute Gasteiger partial charge is 0.366 e. The van der Waals surface area contributed by atoms with Gasteiger partial charge >= 0.3 is 0 Å². The minimum atomic E-state index is -0.284. The van der Waals surface area contributed by atoms with Crippen molar-refractivity contribution in [3.8, 4) is 0 Å². The predicted molar refractivity (Wildman–Crippen MR) is 71.7 cm³/mol. The molecular weight excluding hydrogens is 242 g/mol. The standard InChI is InChI=1S/C14H19N3O2/c1-4-18-12(11-8-6-5-7-9-11)13-16-14(19-17-13)10(2)15-3/h5-10,12,15H,4H2,1-3H3. The van der Waals surface area contributed by atoms with Gasteiger partial charge in [0.1, 0.15) is 6.10 Å². The molecule has 0 saturated heterocycles. The normalized spacial score (nSPS) is 14.3. The smallest absolute Gasteiger partial charge is 0.243 e. The van der Waals surface area contributed by atoms with Crippen LogP contribution in [0.25, 0.3) is 0 Å². The quantitative estimate of drug-likeness (QED) is 0.865. The first-order valence-corrected chi connectivity index (χ1v) is 6.43. The van der Waals surface area contributed by atoms with Gasteiger partial charge in [0.2, 0.25) is 11.7 Å². The van der Waals surface area contributed by atoms with E-state index in [1.54, 1.807) is 0 Å². The lowest BCUT2D eigenvalue weighted by Crippen LogP contribution is -2.13. The number of hydrogen-bond donors (Lipinski definition) is 1. The molecule has 1 aromatic carbocycles. The van der Waals surface area contributed by atoms with Crippen molar-refractivity contribution in [3.63, 3.8) is 0 Å². The van der Waals surface area contributed by atoms with E-state index in [1.807, 2.05) is 51.2 Å². The van der Waals surface area contributed by atoms with Crippen molar-refractivity contribution in [2.75, 3.05) is 13.7 Å². The fourth-order valence-corrected chi connectivity index (χ4v) is 1.77. The molecule has 2 unspecified atom stereocenters. The molecule has 0 aliphatic carbocycles. The first-order valence-electron chi connectivity index (χ1n) is 6.43. The van der Waals surface area contributed by atoms with E-state index in [4.69, 9.17) is 9.26 Å². The number of nitrogens with zero attached hydrogens (tertiary/aromatic N) is 2. The molecule has 0 spiro atoms. The van der Waals surface area contributed by atoms with Gasteiger partial charge in [0.15, 0.2) is 0 Å². The van der Waals surface area contributed by atoms with Gasteiger partial charge in [-0.05, 0) is 26.5 Å². The fourth-order valence-electron chi connectivity index (χ4n) is 1.77. The van der Waals surface area contributed by atoms with Crippen LogP contribution in [0.15, 0.2) is 34.9 Å². The third-order valence-corrected chi connectivity index (χ3v) is 2.93. The third kappa shape index (κ3) is 3.19. The maximum Gasteiger partial charge on any atom is 0.243 e. The highest BCUT2D eigenvalue weighted by Crippen LogP contribution is 2.24. The van der Waals surface area contributed by atoms with Crippen LogP contribution in [0.4, 0.5) is 0 Å². The summed E-state index contributed by atoms with van der Waals surface area (Å²) in [6.07, 6.45) is -0.284. The highest BCUT2D eigenvalue weighted by molar-refractivity contribution is 5.22. The summed E-state index contributed by atoms with van der Waals surface area (Å²) in [5.41, 5.74) is 1.02. The Bertz CT molecular complexity index is 498. The highest BCUT2D eigenvalue weighted by atomic mass is 16.5. The molecule has 5 nitrogen and oxygen atoms in total. The van der Waals surface area contributed by atoms with E-state index in [0.717, 1.165) is 5.56 Å². The van der Waals surface area contributed by atoms with Crippen LogP contribution >= 0.6 is 0 Å². The fraction of sp³-hybridized carbons (Fsp3) is 0.429. The van der Waals surface area contributed by atoms with Crippen LogP contribution in [0.2, 0.25) is 0 Å². The molecule has 0 fully saturated rings. The molecule has 0 bridgehead atoms. The number of ether oxygens (including phenoxy) is 1. The first kappa shape index (κ1) is 13.7. The molecule has 1 N–H and O–H groups in total. The average Bonchev–Trinajstić information content (AvgIpc) is 2.94. The maximum atomic E-state index is 5.74.